The lowest BCUT2D eigenvalue weighted by Crippen LogP contribution is -2.67. The van der Waals surface area contributed by atoms with Crippen molar-refractivity contribution in [3.63, 3.8) is 0 Å². The average molecular weight is 360 g/mol. The fraction of sp³-hybridized carbons (Fsp3) is 0.667. The van der Waals surface area contributed by atoms with E-state index in [1.54, 1.807) is 0 Å². The molecule has 3 atom stereocenters. The van der Waals surface area contributed by atoms with Crippen molar-refractivity contribution in [2.45, 2.75) is 59.2 Å². The maximum absolute atomic E-state index is 5.92. The van der Waals surface area contributed by atoms with Crippen LogP contribution in [0.1, 0.15) is 44.7 Å². The summed E-state index contributed by atoms with van der Waals surface area (Å²) in [5.74, 6) is 2.39. The van der Waals surface area contributed by atoms with Crippen LogP contribution in [0.15, 0.2) is 23.2 Å². The zero-order valence-electron chi connectivity index (χ0n) is 16.8. The number of hydrogen-bond acceptors (Lipinski definition) is 3. The summed E-state index contributed by atoms with van der Waals surface area (Å²) in [6.45, 7) is 11.1. The molecule has 5 heteroatoms. The second kappa shape index (κ2) is 7.87. The predicted octanol–water partition coefficient (Wildman–Crippen LogP) is 3.26. The quantitative estimate of drug-likeness (QED) is 0.605. The third kappa shape index (κ3) is 3.68. The summed E-state index contributed by atoms with van der Waals surface area (Å²) >= 11 is 0. The highest BCUT2D eigenvalue weighted by Crippen LogP contribution is 2.52. The molecule has 0 spiro atoms. The fourth-order valence-corrected chi connectivity index (χ4v) is 4.29. The van der Waals surface area contributed by atoms with E-state index in [9.17, 15) is 0 Å². The van der Waals surface area contributed by atoms with E-state index in [1.165, 1.54) is 5.56 Å². The summed E-state index contributed by atoms with van der Waals surface area (Å²) in [6, 6.07) is 6.77. The first-order chi connectivity index (χ1) is 12.5. The maximum Gasteiger partial charge on any atom is 0.191 e. The molecule has 1 aliphatic carbocycles. The van der Waals surface area contributed by atoms with Crippen LogP contribution in [0.3, 0.4) is 0 Å². The van der Waals surface area contributed by atoms with Crippen molar-refractivity contribution in [2.75, 3.05) is 20.3 Å². The van der Waals surface area contributed by atoms with Crippen molar-refractivity contribution < 1.29 is 9.47 Å². The summed E-state index contributed by atoms with van der Waals surface area (Å²) < 4.78 is 11.8. The first-order valence-electron chi connectivity index (χ1n) is 9.78. The van der Waals surface area contributed by atoms with Crippen molar-refractivity contribution >= 4 is 5.96 Å². The molecule has 144 valence electrons. The van der Waals surface area contributed by atoms with E-state index in [4.69, 9.17) is 9.47 Å². The van der Waals surface area contributed by atoms with E-state index in [2.05, 4.69) is 61.5 Å². The number of rotatable bonds is 6. The number of guanidine groups is 1. The summed E-state index contributed by atoms with van der Waals surface area (Å²) in [5, 5.41) is 7.08. The van der Waals surface area contributed by atoms with Crippen LogP contribution in [-0.2, 0) is 11.3 Å². The minimum atomic E-state index is 0.137. The predicted molar refractivity (Wildman–Crippen MR) is 106 cm³/mol. The van der Waals surface area contributed by atoms with E-state index in [0.717, 1.165) is 43.3 Å². The van der Waals surface area contributed by atoms with Gasteiger partial charge >= 0.3 is 0 Å². The van der Waals surface area contributed by atoms with Crippen LogP contribution < -0.4 is 15.4 Å². The highest BCUT2D eigenvalue weighted by Gasteiger charge is 2.59. The Bertz CT molecular complexity index is 657. The van der Waals surface area contributed by atoms with Gasteiger partial charge in [-0.2, -0.15) is 0 Å². The van der Waals surface area contributed by atoms with E-state index in [1.807, 2.05) is 7.05 Å². The van der Waals surface area contributed by atoms with E-state index >= 15 is 0 Å². The molecule has 1 heterocycles. The number of fused-ring (bicyclic) bond motifs is 1. The Morgan fingerprint density at radius 2 is 2.19 bits per heavy atom. The average Bonchev–Trinajstić information content (AvgIpc) is 3.08. The number of hydrogen-bond donors (Lipinski definition) is 2. The monoisotopic (exact) mass is 359 g/mol. The fourth-order valence-electron chi connectivity index (χ4n) is 4.29. The number of nitrogens with zero attached hydrogens (tertiary/aromatic N) is 1. The lowest BCUT2D eigenvalue weighted by atomic mass is 9.57. The molecule has 2 N–H and O–H groups in total. The Kier molecular flexibility index (Phi) is 5.76. The van der Waals surface area contributed by atoms with Gasteiger partial charge in [-0.3, -0.25) is 4.99 Å². The molecule has 1 saturated heterocycles. The van der Waals surface area contributed by atoms with Crippen LogP contribution in [0.4, 0.5) is 0 Å². The topological polar surface area (TPSA) is 54.9 Å². The molecule has 3 unspecified atom stereocenters. The van der Waals surface area contributed by atoms with Crippen molar-refractivity contribution in [3.8, 4) is 5.75 Å². The molecule has 5 nitrogen and oxygen atoms in total. The number of aliphatic imine (C=N–C) groups is 1. The number of benzene rings is 1. The summed E-state index contributed by atoms with van der Waals surface area (Å²) in [7, 11) is 1.83. The maximum atomic E-state index is 5.92. The Morgan fingerprint density at radius 3 is 2.92 bits per heavy atom. The van der Waals surface area contributed by atoms with Crippen LogP contribution in [0.5, 0.6) is 5.75 Å². The molecule has 2 aliphatic rings. The molecule has 0 amide bonds. The summed E-state index contributed by atoms with van der Waals surface area (Å²) in [5.41, 5.74) is 2.51. The Labute approximate surface area is 157 Å². The largest absolute Gasteiger partial charge is 0.493 e. The molecule has 1 saturated carbocycles. The van der Waals surface area contributed by atoms with Crippen LogP contribution >= 0.6 is 0 Å². The molecule has 1 aliphatic heterocycles. The SMILES string of the molecule is CCCOc1cc(C)ccc1CNC(=NC)NC1C2CCOC2C1(C)C. The Hall–Kier alpha value is -1.75. The molecule has 2 fully saturated rings. The molecule has 1 aromatic carbocycles. The van der Waals surface area contributed by atoms with E-state index in [0.29, 0.717) is 24.6 Å². The number of aryl methyl sites for hydroxylation is 1. The molecule has 0 aromatic heterocycles. The summed E-state index contributed by atoms with van der Waals surface area (Å²) in [4.78, 5) is 4.43. The third-order valence-electron chi connectivity index (χ3n) is 5.75. The van der Waals surface area contributed by atoms with Crippen LogP contribution in [-0.4, -0.2) is 38.4 Å². The Morgan fingerprint density at radius 1 is 1.38 bits per heavy atom. The minimum absolute atomic E-state index is 0.137. The molecular formula is C21H33N3O2. The second-order valence-corrected chi connectivity index (χ2v) is 8.07. The smallest absolute Gasteiger partial charge is 0.191 e. The first kappa shape index (κ1) is 19.0. The number of nitrogens with one attached hydrogen (secondary N) is 2. The normalized spacial score (nSPS) is 26.8. The van der Waals surface area contributed by atoms with Gasteiger partial charge in [0.2, 0.25) is 0 Å². The van der Waals surface area contributed by atoms with Crippen molar-refractivity contribution in [1.82, 2.24) is 10.6 Å². The van der Waals surface area contributed by atoms with Gasteiger partial charge in [0.1, 0.15) is 5.75 Å². The molecule has 1 aromatic rings. The zero-order valence-corrected chi connectivity index (χ0v) is 16.8. The van der Waals surface area contributed by atoms with Gasteiger partial charge in [-0.1, -0.05) is 32.9 Å². The molecule has 0 bridgehead atoms. The van der Waals surface area contributed by atoms with Gasteiger partial charge in [-0.25, -0.2) is 0 Å². The van der Waals surface area contributed by atoms with Gasteiger partial charge in [0, 0.05) is 43.1 Å². The van der Waals surface area contributed by atoms with Gasteiger partial charge in [0.25, 0.3) is 0 Å². The van der Waals surface area contributed by atoms with Crippen LogP contribution in [0.2, 0.25) is 0 Å². The molecule has 3 rings (SSSR count). The van der Waals surface area contributed by atoms with Crippen molar-refractivity contribution in [2.24, 2.45) is 16.3 Å². The minimum Gasteiger partial charge on any atom is -0.493 e. The van der Waals surface area contributed by atoms with Crippen molar-refractivity contribution in [3.05, 3.63) is 29.3 Å². The second-order valence-electron chi connectivity index (χ2n) is 8.07. The highest BCUT2D eigenvalue weighted by molar-refractivity contribution is 5.80. The van der Waals surface area contributed by atoms with E-state index in [-0.39, 0.29) is 5.41 Å². The van der Waals surface area contributed by atoms with Gasteiger partial charge in [-0.15, -0.1) is 0 Å². The van der Waals surface area contributed by atoms with Crippen molar-refractivity contribution in [1.29, 1.82) is 0 Å². The lowest BCUT2D eigenvalue weighted by molar-refractivity contribution is -0.106. The third-order valence-corrected chi connectivity index (χ3v) is 5.75. The molecule has 0 radical (unpaired) electrons. The van der Waals surface area contributed by atoms with Gasteiger partial charge < -0.3 is 20.1 Å². The summed E-state index contributed by atoms with van der Waals surface area (Å²) in [6.07, 6.45) is 2.52. The van der Waals surface area contributed by atoms with Gasteiger partial charge in [0.15, 0.2) is 5.96 Å². The first-order valence-corrected chi connectivity index (χ1v) is 9.78. The van der Waals surface area contributed by atoms with Gasteiger partial charge in [-0.05, 0) is 31.4 Å². The number of ether oxygens (including phenoxy) is 2. The van der Waals surface area contributed by atoms with Gasteiger partial charge in [0.05, 0.1) is 12.7 Å². The standard InChI is InChI=1S/C21H33N3O2/c1-6-10-25-17-12-14(2)7-8-15(17)13-23-20(22-5)24-18-16-9-11-26-19(16)21(18,3)4/h7-8,12,16,18-19H,6,9-11,13H2,1-5H3,(H2,22,23,24). The Balaban J connectivity index is 1.61. The molecule has 26 heavy (non-hydrogen) atoms. The lowest BCUT2D eigenvalue weighted by Gasteiger charge is -2.54. The zero-order chi connectivity index (χ0) is 18.7. The molecular weight excluding hydrogens is 326 g/mol. The van der Waals surface area contributed by atoms with Crippen LogP contribution in [0.25, 0.3) is 0 Å². The van der Waals surface area contributed by atoms with E-state index < -0.39 is 0 Å². The highest BCUT2D eigenvalue weighted by atomic mass is 16.5. The van der Waals surface area contributed by atoms with Crippen LogP contribution in [0, 0.1) is 18.3 Å².